The molecule has 0 fully saturated rings. The molecule has 0 aliphatic heterocycles. The highest BCUT2D eigenvalue weighted by atomic mass is 19.1. The number of hydrogen-bond donors (Lipinski definition) is 2. The standard InChI is InChI=1S/C22H22F2N6O2/c1-13(2)19(12-31)26-21-16(24)10-25-22(27-21)18-9-20(17-7-8-32-29-17)30(28-18)11-14-5-3-4-6-15(14)23/h3-10,13,19,31H,11-12H2,1-2H3,(H,25,26,27)/t19-/m0/s1. The predicted octanol–water partition coefficient (Wildman–Crippen LogP) is 3.75. The molecule has 32 heavy (non-hydrogen) atoms. The molecule has 0 bridgehead atoms. The molecule has 0 spiro atoms. The van der Waals surface area contributed by atoms with Crippen molar-refractivity contribution in [2.24, 2.45) is 5.92 Å². The van der Waals surface area contributed by atoms with E-state index >= 15 is 0 Å². The lowest BCUT2D eigenvalue weighted by atomic mass is 10.1. The van der Waals surface area contributed by atoms with Gasteiger partial charge in [0.25, 0.3) is 0 Å². The third kappa shape index (κ3) is 4.50. The molecule has 1 atom stereocenters. The molecule has 0 aliphatic rings. The fourth-order valence-corrected chi connectivity index (χ4v) is 3.18. The van der Waals surface area contributed by atoms with E-state index in [-0.39, 0.29) is 42.6 Å². The number of nitrogens with zero attached hydrogens (tertiary/aromatic N) is 5. The molecule has 4 aromatic rings. The number of nitrogens with one attached hydrogen (secondary N) is 1. The molecule has 3 aromatic heterocycles. The molecule has 0 radical (unpaired) electrons. The third-order valence-electron chi connectivity index (χ3n) is 5.05. The summed E-state index contributed by atoms with van der Waals surface area (Å²) in [7, 11) is 0. The van der Waals surface area contributed by atoms with E-state index < -0.39 is 5.82 Å². The Morgan fingerprint density at radius 1 is 1.12 bits per heavy atom. The van der Waals surface area contributed by atoms with E-state index in [0.717, 1.165) is 6.20 Å². The molecular formula is C22H22F2N6O2. The Labute approximate surface area is 182 Å². The molecule has 0 amide bonds. The number of halogens is 2. The van der Waals surface area contributed by atoms with Crippen LogP contribution in [-0.2, 0) is 6.54 Å². The van der Waals surface area contributed by atoms with Gasteiger partial charge in [-0.1, -0.05) is 37.2 Å². The van der Waals surface area contributed by atoms with Gasteiger partial charge in [0, 0.05) is 11.6 Å². The molecule has 3 heterocycles. The topological polar surface area (TPSA) is 102 Å². The summed E-state index contributed by atoms with van der Waals surface area (Å²) in [4.78, 5) is 8.34. The second-order valence-electron chi connectivity index (χ2n) is 7.62. The Hall–Kier alpha value is -3.66. The van der Waals surface area contributed by atoms with Crippen molar-refractivity contribution in [3.8, 4) is 22.9 Å². The van der Waals surface area contributed by atoms with Gasteiger partial charge in [-0.15, -0.1) is 0 Å². The first-order valence-corrected chi connectivity index (χ1v) is 10.1. The van der Waals surface area contributed by atoms with Crippen LogP contribution in [0.5, 0.6) is 0 Å². The van der Waals surface area contributed by atoms with Crippen molar-refractivity contribution in [3.63, 3.8) is 0 Å². The second kappa shape index (κ2) is 9.23. The maximum atomic E-state index is 14.3. The smallest absolute Gasteiger partial charge is 0.183 e. The number of hydrogen-bond acceptors (Lipinski definition) is 7. The van der Waals surface area contributed by atoms with Crippen molar-refractivity contribution in [3.05, 3.63) is 66.1 Å². The number of aliphatic hydroxyl groups is 1. The Balaban J connectivity index is 1.73. The number of rotatable bonds is 8. The Kier molecular flexibility index (Phi) is 6.22. The monoisotopic (exact) mass is 440 g/mol. The van der Waals surface area contributed by atoms with Gasteiger partial charge in [0.15, 0.2) is 17.5 Å². The molecule has 166 valence electrons. The van der Waals surface area contributed by atoms with Crippen molar-refractivity contribution >= 4 is 5.82 Å². The van der Waals surface area contributed by atoms with Crippen LogP contribution in [0.3, 0.4) is 0 Å². The summed E-state index contributed by atoms with van der Waals surface area (Å²) in [5.41, 5.74) is 1.86. The van der Waals surface area contributed by atoms with Gasteiger partial charge in [-0.05, 0) is 18.1 Å². The van der Waals surface area contributed by atoms with Crippen molar-refractivity contribution < 1.29 is 18.4 Å². The van der Waals surface area contributed by atoms with Crippen LogP contribution in [0.25, 0.3) is 22.9 Å². The van der Waals surface area contributed by atoms with E-state index in [4.69, 9.17) is 4.52 Å². The van der Waals surface area contributed by atoms with Crippen molar-refractivity contribution in [1.82, 2.24) is 24.9 Å². The highest BCUT2D eigenvalue weighted by Crippen LogP contribution is 2.26. The number of anilines is 1. The summed E-state index contributed by atoms with van der Waals surface area (Å²) in [5.74, 6) is -0.809. The highest BCUT2D eigenvalue weighted by Gasteiger charge is 2.20. The number of aliphatic hydroxyl groups excluding tert-OH is 1. The first kappa shape index (κ1) is 21.6. The van der Waals surface area contributed by atoms with E-state index in [1.165, 1.54) is 12.3 Å². The first-order chi connectivity index (χ1) is 15.5. The van der Waals surface area contributed by atoms with Gasteiger partial charge >= 0.3 is 0 Å². The van der Waals surface area contributed by atoms with Crippen molar-refractivity contribution in [2.75, 3.05) is 11.9 Å². The largest absolute Gasteiger partial charge is 0.394 e. The minimum atomic E-state index is -0.643. The number of aromatic nitrogens is 5. The molecule has 0 unspecified atom stereocenters. The van der Waals surface area contributed by atoms with E-state index in [2.05, 4.69) is 25.5 Å². The van der Waals surface area contributed by atoms with E-state index in [9.17, 15) is 13.9 Å². The quantitative estimate of drug-likeness (QED) is 0.430. The van der Waals surface area contributed by atoms with Gasteiger partial charge in [-0.3, -0.25) is 4.68 Å². The lowest BCUT2D eigenvalue weighted by Gasteiger charge is -2.20. The molecule has 4 rings (SSSR count). The molecular weight excluding hydrogens is 418 g/mol. The summed E-state index contributed by atoms with van der Waals surface area (Å²) < 4.78 is 35.1. The van der Waals surface area contributed by atoms with Crippen molar-refractivity contribution in [2.45, 2.75) is 26.4 Å². The van der Waals surface area contributed by atoms with E-state index in [1.54, 1.807) is 35.0 Å². The maximum absolute atomic E-state index is 14.3. The summed E-state index contributed by atoms with van der Waals surface area (Å²) in [6.45, 7) is 3.77. The van der Waals surface area contributed by atoms with Gasteiger partial charge in [-0.2, -0.15) is 5.10 Å². The Morgan fingerprint density at radius 3 is 2.62 bits per heavy atom. The van der Waals surface area contributed by atoms with Gasteiger partial charge < -0.3 is 14.9 Å². The fraction of sp³-hybridized carbons (Fsp3) is 0.273. The Morgan fingerprint density at radius 2 is 1.94 bits per heavy atom. The highest BCUT2D eigenvalue weighted by molar-refractivity contribution is 5.63. The molecule has 10 heteroatoms. The van der Waals surface area contributed by atoms with Gasteiger partial charge in [0.1, 0.15) is 23.5 Å². The molecule has 0 saturated heterocycles. The summed E-state index contributed by atoms with van der Waals surface area (Å²) in [5, 5.41) is 20.9. The minimum Gasteiger partial charge on any atom is -0.394 e. The van der Waals surface area contributed by atoms with Crippen LogP contribution in [0.1, 0.15) is 19.4 Å². The summed E-state index contributed by atoms with van der Waals surface area (Å²) in [6.07, 6.45) is 2.47. The third-order valence-corrected chi connectivity index (χ3v) is 5.05. The molecule has 1 aromatic carbocycles. The minimum absolute atomic E-state index is 0.0330. The molecule has 0 aliphatic carbocycles. The van der Waals surface area contributed by atoms with Crippen LogP contribution in [0.4, 0.5) is 14.6 Å². The first-order valence-electron chi connectivity index (χ1n) is 10.1. The fourth-order valence-electron chi connectivity index (χ4n) is 3.18. The van der Waals surface area contributed by atoms with Crippen LogP contribution in [0, 0.1) is 17.6 Å². The molecule has 8 nitrogen and oxygen atoms in total. The average molecular weight is 440 g/mol. The van der Waals surface area contributed by atoms with Crippen LogP contribution in [0.2, 0.25) is 0 Å². The SMILES string of the molecule is CC(C)[C@H](CO)Nc1nc(-c2cc(-c3ccon3)n(Cc3ccccc3F)n2)ncc1F. The second-order valence-corrected chi connectivity index (χ2v) is 7.62. The maximum Gasteiger partial charge on any atom is 0.183 e. The van der Waals surface area contributed by atoms with Crippen LogP contribution < -0.4 is 5.32 Å². The zero-order chi connectivity index (χ0) is 22.7. The predicted molar refractivity (Wildman–Crippen MR) is 114 cm³/mol. The van der Waals surface area contributed by atoms with Gasteiger partial charge in [0.05, 0.1) is 31.1 Å². The zero-order valence-corrected chi connectivity index (χ0v) is 17.5. The summed E-state index contributed by atoms with van der Waals surface area (Å²) in [6, 6.07) is 9.36. The van der Waals surface area contributed by atoms with Crippen LogP contribution in [-0.4, -0.2) is 42.7 Å². The van der Waals surface area contributed by atoms with Gasteiger partial charge in [-0.25, -0.2) is 18.7 Å². The molecule has 0 saturated carbocycles. The lowest BCUT2D eigenvalue weighted by molar-refractivity contribution is 0.248. The Bertz CT molecular complexity index is 1190. The zero-order valence-electron chi connectivity index (χ0n) is 17.5. The van der Waals surface area contributed by atoms with E-state index in [0.29, 0.717) is 22.6 Å². The van der Waals surface area contributed by atoms with Gasteiger partial charge in [0.2, 0.25) is 0 Å². The summed E-state index contributed by atoms with van der Waals surface area (Å²) >= 11 is 0. The molecule has 2 N–H and O–H groups in total. The van der Waals surface area contributed by atoms with E-state index in [1.807, 2.05) is 13.8 Å². The average Bonchev–Trinajstić information content (AvgIpc) is 3.44. The normalized spacial score (nSPS) is 12.3. The van der Waals surface area contributed by atoms with Crippen LogP contribution in [0.15, 0.2) is 53.4 Å². The van der Waals surface area contributed by atoms with Crippen molar-refractivity contribution in [1.29, 1.82) is 0 Å². The van der Waals surface area contributed by atoms with Crippen LogP contribution >= 0.6 is 0 Å². The lowest BCUT2D eigenvalue weighted by Crippen LogP contribution is -2.30. The number of benzene rings is 1.